The lowest BCUT2D eigenvalue weighted by atomic mass is 10.2. The SMILES string of the molecule is Cc1nc2ccc(C(=O)O[C@@H](C)C(=O)NCc3ccco3)cc2nc1C. The second-order valence-electron chi connectivity index (χ2n) is 5.94. The number of aromatic nitrogens is 2. The predicted octanol–water partition coefficient (Wildman–Crippen LogP) is 2.70. The quantitative estimate of drug-likeness (QED) is 0.709. The first kappa shape index (κ1) is 17.6. The van der Waals surface area contributed by atoms with Gasteiger partial charge in [-0.15, -0.1) is 0 Å². The van der Waals surface area contributed by atoms with Gasteiger partial charge in [0.15, 0.2) is 6.10 Å². The third-order valence-electron chi connectivity index (χ3n) is 3.98. The number of fused-ring (bicyclic) bond motifs is 1. The van der Waals surface area contributed by atoms with Crippen LogP contribution in [0.15, 0.2) is 41.0 Å². The monoisotopic (exact) mass is 353 g/mol. The maximum atomic E-state index is 12.3. The Bertz CT molecular complexity index is 951. The maximum absolute atomic E-state index is 12.3. The van der Waals surface area contributed by atoms with Gasteiger partial charge in [-0.2, -0.15) is 0 Å². The minimum atomic E-state index is -0.931. The zero-order chi connectivity index (χ0) is 18.7. The summed E-state index contributed by atoms with van der Waals surface area (Å²) in [6.07, 6.45) is 0.593. The van der Waals surface area contributed by atoms with Gasteiger partial charge in [0.25, 0.3) is 5.91 Å². The Hall–Kier alpha value is -3.22. The first-order valence-electron chi connectivity index (χ1n) is 8.20. The molecule has 1 atom stereocenters. The smallest absolute Gasteiger partial charge is 0.338 e. The van der Waals surface area contributed by atoms with Gasteiger partial charge in [-0.05, 0) is 51.1 Å². The number of nitrogens with one attached hydrogen (secondary N) is 1. The van der Waals surface area contributed by atoms with Gasteiger partial charge in [-0.25, -0.2) is 14.8 Å². The van der Waals surface area contributed by atoms with Crippen LogP contribution in [0.1, 0.15) is 34.4 Å². The molecular weight excluding hydrogens is 334 g/mol. The molecule has 0 aliphatic heterocycles. The topological polar surface area (TPSA) is 94.3 Å². The molecule has 7 heteroatoms. The van der Waals surface area contributed by atoms with Crippen LogP contribution >= 0.6 is 0 Å². The standard InChI is InChI=1S/C19H19N3O4/c1-11-12(2)22-17-9-14(6-7-16(17)21-11)19(24)26-13(3)18(23)20-10-15-5-4-8-25-15/h4-9,13H,10H2,1-3H3,(H,20,23)/t13-/m0/s1. The van der Waals surface area contributed by atoms with E-state index in [0.717, 1.165) is 11.4 Å². The number of ether oxygens (including phenoxy) is 1. The molecule has 0 aliphatic carbocycles. The van der Waals surface area contributed by atoms with Crippen molar-refractivity contribution >= 4 is 22.9 Å². The van der Waals surface area contributed by atoms with Crippen molar-refractivity contribution in [2.45, 2.75) is 33.4 Å². The minimum absolute atomic E-state index is 0.234. The summed E-state index contributed by atoms with van der Waals surface area (Å²) in [7, 11) is 0. The van der Waals surface area contributed by atoms with E-state index in [4.69, 9.17) is 9.15 Å². The fourth-order valence-corrected chi connectivity index (χ4v) is 2.37. The van der Waals surface area contributed by atoms with Gasteiger partial charge in [-0.1, -0.05) is 0 Å². The van der Waals surface area contributed by atoms with Crippen LogP contribution in [0.4, 0.5) is 0 Å². The van der Waals surface area contributed by atoms with Crippen molar-refractivity contribution in [2.24, 2.45) is 0 Å². The lowest BCUT2D eigenvalue weighted by molar-refractivity contribution is -0.129. The molecule has 0 fully saturated rings. The summed E-state index contributed by atoms with van der Waals surface area (Å²) in [4.78, 5) is 33.2. The highest BCUT2D eigenvalue weighted by atomic mass is 16.5. The second-order valence-corrected chi connectivity index (χ2v) is 5.94. The molecule has 3 rings (SSSR count). The van der Waals surface area contributed by atoms with E-state index in [2.05, 4.69) is 15.3 Å². The summed E-state index contributed by atoms with van der Waals surface area (Å²) in [6.45, 7) is 5.49. The molecule has 0 radical (unpaired) electrons. The number of benzene rings is 1. The summed E-state index contributed by atoms with van der Waals surface area (Å²) in [5, 5.41) is 2.65. The summed E-state index contributed by atoms with van der Waals surface area (Å²) in [5.41, 5.74) is 3.27. The number of rotatable bonds is 5. The average Bonchev–Trinajstić information content (AvgIpc) is 3.13. The van der Waals surface area contributed by atoms with Crippen molar-refractivity contribution in [3.05, 3.63) is 59.3 Å². The Morgan fingerprint density at radius 1 is 1.15 bits per heavy atom. The Kier molecular flexibility index (Phi) is 4.97. The van der Waals surface area contributed by atoms with Crippen LogP contribution in [-0.4, -0.2) is 27.9 Å². The van der Waals surface area contributed by atoms with Crippen LogP contribution in [0.25, 0.3) is 11.0 Å². The molecule has 1 aromatic carbocycles. The van der Waals surface area contributed by atoms with Gasteiger partial charge in [-0.3, -0.25) is 4.79 Å². The maximum Gasteiger partial charge on any atom is 0.338 e. The van der Waals surface area contributed by atoms with E-state index in [1.165, 1.54) is 13.2 Å². The molecule has 7 nitrogen and oxygen atoms in total. The highest BCUT2D eigenvalue weighted by molar-refractivity contribution is 5.95. The molecule has 0 bridgehead atoms. The van der Waals surface area contributed by atoms with E-state index < -0.39 is 18.0 Å². The molecule has 3 aromatic rings. The highest BCUT2D eigenvalue weighted by Crippen LogP contribution is 2.15. The molecule has 0 aliphatic rings. The molecule has 26 heavy (non-hydrogen) atoms. The summed E-state index contributed by atoms with van der Waals surface area (Å²) in [6, 6.07) is 8.42. The summed E-state index contributed by atoms with van der Waals surface area (Å²) >= 11 is 0. The Morgan fingerprint density at radius 3 is 2.58 bits per heavy atom. The number of furan rings is 1. The average molecular weight is 353 g/mol. The number of esters is 1. The number of amides is 1. The van der Waals surface area contributed by atoms with Gasteiger partial charge >= 0.3 is 5.97 Å². The first-order chi connectivity index (χ1) is 12.4. The molecule has 0 saturated heterocycles. The van der Waals surface area contributed by atoms with E-state index in [1.54, 1.807) is 30.3 Å². The zero-order valence-corrected chi connectivity index (χ0v) is 14.8. The molecule has 1 N–H and O–H groups in total. The van der Waals surface area contributed by atoms with E-state index in [1.807, 2.05) is 13.8 Å². The van der Waals surface area contributed by atoms with E-state index in [-0.39, 0.29) is 6.54 Å². The molecule has 2 aromatic heterocycles. The Morgan fingerprint density at radius 2 is 1.88 bits per heavy atom. The first-order valence-corrected chi connectivity index (χ1v) is 8.20. The van der Waals surface area contributed by atoms with Crippen LogP contribution in [0.2, 0.25) is 0 Å². The number of hydrogen-bond acceptors (Lipinski definition) is 6. The number of aryl methyl sites for hydroxylation is 2. The Balaban J connectivity index is 1.65. The number of carbonyl (C=O) groups excluding carboxylic acids is 2. The van der Waals surface area contributed by atoms with Crippen LogP contribution in [0.5, 0.6) is 0 Å². The molecule has 1 amide bonds. The molecular formula is C19H19N3O4. The highest BCUT2D eigenvalue weighted by Gasteiger charge is 2.19. The van der Waals surface area contributed by atoms with Gasteiger partial charge in [0.2, 0.25) is 0 Å². The number of hydrogen-bond donors (Lipinski definition) is 1. The van der Waals surface area contributed by atoms with E-state index >= 15 is 0 Å². The molecule has 0 unspecified atom stereocenters. The minimum Gasteiger partial charge on any atom is -0.467 e. The summed E-state index contributed by atoms with van der Waals surface area (Å²) in [5.74, 6) is -0.370. The third-order valence-corrected chi connectivity index (χ3v) is 3.98. The molecule has 134 valence electrons. The molecule has 2 heterocycles. The van der Waals surface area contributed by atoms with Crippen LogP contribution in [0, 0.1) is 13.8 Å². The van der Waals surface area contributed by atoms with Crippen LogP contribution in [-0.2, 0) is 16.1 Å². The predicted molar refractivity (Wildman–Crippen MR) is 94.4 cm³/mol. The van der Waals surface area contributed by atoms with E-state index in [0.29, 0.717) is 22.4 Å². The van der Waals surface area contributed by atoms with Gasteiger partial charge in [0.1, 0.15) is 5.76 Å². The fraction of sp³-hybridized carbons (Fsp3) is 0.263. The molecule has 0 spiro atoms. The number of nitrogens with zero attached hydrogens (tertiary/aromatic N) is 2. The van der Waals surface area contributed by atoms with Crippen molar-refractivity contribution in [3.63, 3.8) is 0 Å². The number of carbonyl (C=O) groups is 2. The van der Waals surface area contributed by atoms with Crippen molar-refractivity contribution < 1.29 is 18.7 Å². The van der Waals surface area contributed by atoms with Crippen molar-refractivity contribution in [3.8, 4) is 0 Å². The van der Waals surface area contributed by atoms with Crippen LogP contribution in [0.3, 0.4) is 0 Å². The van der Waals surface area contributed by atoms with E-state index in [9.17, 15) is 9.59 Å². The second kappa shape index (κ2) is 7.35. The van der Waals surface area contributed by atoms with Gasteiger partial charge in [0, 0.05) is 0 Å². The zero-order valence-electron chi connectivity index (χ0n) is 14.8. The largest absolute Gasteiger partial charge is 0.467 e. The van der Waals surface area contributed by atoms with Crippen molar-refractivity contribution in [1.29, 1.82) is 0 Å². The lowest BCUT2D eigenvalue weighted by Gasteiger charge is -2.13. The third kappa shape index (κ3) is 3.88. The van der Waals surface area contributed by atoms with Crippen molar-refractivity contribution in [2.75, 3.05) is 0 Å². The fourth-order valence-electron chi connectivity index (χ4n) is 2.37. The van der Waals surface area contributed by atoms with Crippen molar-refractivity contribution in [1.82, 2.24) is 15.3 Å². The Labute approximate surface area is 150 Å². The normalized spacial score (nSPS) is 12.0. The van der Waals surface area contributed by atoms with Gasteiger partial charge < -0.3 is 14.5 Å². The molecule has 0 saturated carbocycles. The van der Waals surface area contributed by atoms with Crippen LogP contribution < -0.4 is 5.32 Å². The summed E-state index contributed by atoms with van der Waals surface area (Å²) < 4.78 is 10.4. The lowest BCUT2D eigenvalue weighted by Crippen LogP contribution is -2.35. The van der Waals surface area contributed by atoms with Gasteiger partial charge in [0.05, 0.1) is 40.8 Å².